The van der Waals surface area contributed by atoms with Crippen LogP contribution in [0.5, 0.6) is 0 Å². The van der Waals surface area contributed by atoms with E-state index >= 15 is 0 Å². The van der Waals surface area contributed by atoms with Gasteiger partial charge >= 0.3 is 0 Å². The van der Waals surface area contributed by atoms with Crippen molar-refractivity contribution in [3.8, 4) is 0 Å². The number of likely N-dealkylation sites (tertiary alicyclic amines) is 1. The van der Waals surface area contributed by atoms with Crippen LogP contribution < -0.4 is 0 Å². The van der Waals surface area contributed by atoms with Crippen molar-refractivity contribution in [1.82, 2.24) is 4.90 Å². The third-order valence-corrected chi connectivity index (χ3v) is 3.33. The van der Waals surface area contributed by atoms with Crippen LogP contribution in [0.15, 0.2) is 12.2 Å². The van der Waals surface area contributed by atoms with Crippen molar-refractivity contribution >= 4 is 5.91 Å². The van der Waals surface area contributed by atoms with E-state index in [9.17, 15) is 4.79 Å². The molecule has 1 rings (SSSR count). The number of nitrogens with zero attached hydrogens (tertiary/aromatic N) is 1. The van der Waals surface area contributed by atoms with Crippen LogP contribution >= 0.6 is 0 Å². The lowest BCUT2D eigenvalue weighted by Crippen LogP contribution is -2.35. The first-order valence-corrected chi connectivity index (χ1v) is 4.74. The van der Waals surface area contributed by atoms with Crippen LogP contribution in [0.2, 0.25) is 0 Å². The van der Waals surface area contributed by atoms with E-state index < -0.39 is 0 Å². The monoisotopic (exact) mass is 181 g/mol. The van der Waals surface area contributed by atoms with Crippen LogP contribution in [-0.2, 0) is 4.79 Å². The molecule has 13 heavy (non-hydrogen) atoms. The van der Waals surface area contributed by atoms with Crippen LogP contribution in [0.3, 0.4) is 0 Å². The molecule has 0 radical (unpaired) electrons. The number of carbonyl (C=O) groups is 1. The van der Waals surface area contributed by atoms with Crippen molar-refractivity contribution in [2.24, 2.45) is 10.8 Å². The Labute approximate surface area is 80.6 Å². The summed E-state index contributed by atoms with van der Waals surface area (Å²) in [4.78, 5) is 13.7. The van der Waals surface area contributed by atoms with E-state index in [1.54, 1.807) is 0 Å². The lowest BCUT2D eigenvalue weighted by atomic mass is 9.69. The van der Waals surface area contributed by atoms with Crippen molar-refractivity contribution < 1.29 is 4.79 Å². The average Bonchev–Trinajstić information content (AvgIpc) is 2.13. The van der Waals surface area contributed by atoms with Gasteiger partial charge in [-0.25, -0.2) is 0 Å². The van der Waals surface area contributed by atoms with Gasteiger partial charge in [-0.1, -0.05) is 26.0 Å². The second-order valence-electron chi connectivity index (χ2n) is 4.75. The lowest BCUT2D eigenvalue weighted by molar-refractivity contribution is -0.133. The molecule has 0 aliphatic carbocycles. The van der Waals surface area contributed by atoms with E-state index in [2.05, 4.69) is 13.8 Å². The zero-order chi connectivity index (χ0) is 10.3. The lowest BCUT2D eigenvalue weighted by Gasteiger charge is -2.31. The zero-order valence-electron chi connectivity index (χ0n) is 9.22. The molecule has 1 aliphatic rings. The maximum atomic E-state index is 11.9. The van der Waals surface area contributed by atoms with E-state index in [4.69, 9.17) is 0 Å². The highest BCUT2D eigenvalue weighted by molar-refractivity contribution is 5.87. The SMILES string of the molecule is C/C=C\C1(C)C(=O)N(C)CC1(C)C. The van der Waals surface area contributed by atoms with Crippen molar-refractivity contribution in [1.29, 1.82) is 0 Å². The molecule has 0 bridgehead atoms. The Kier molecular flexibility index (Phi) is 2.27. The fraction of sp³-hybridized carbons (Fsp3) is 0.727. The molecule has 0 N–H and O–H groups in total. The molecule has 1 saturated heterocycles. The molecule has 1 amide bonds. The van der Waals surface area contributed by atoms with Crippen LogP contribution in [0, 0.1) is 10.8 Å². The van der Waals surface area contributed by atoms with Crippen LogP contribution in [0.1, 0.15) is 27.7 Å². The first-order chi connectivity index (χ1) is 5.85. The first-order valence-electron chi connectivity index (χ1n) is 4.74. The quantitative estimate of drug-likeness (QED) is 0.567. The summed E-state index contributed by atoms with van der Waals surface area (Å²) in [6.07, 6.45) is 4.00. The number of rotatable bonds is 1. The maximum absolute atomic E-state index is 11.9. The second-order valence-corrected chi connectivity index (χ2v) is 4.75. The molecule has 2 nitrogen and oxygen atoms in total. The van der Waals surface area contributed by atoms with Gasteiger partial charge in [0.15, 0.2) is 0 Å². The molecule has 1 atom stereocenters. The van der Waals surface area contributed by atoms with E-state index in [1.165, 1.54) is 0 Å². The van der Waals surface area contributed by atoms with Crippen molar-refractivity contribution in [2.75, 3.05) is 13.6 Å². The Bertz CT molecular complexity index is 255. The third kappa shape index (κ3) is 1.28. The number of allylic oxidation sites excluding steroid dienone is 1. The van der Waals surface area contributed by atoms with Gasteiger partial charge in [0.05, 0.1) is 5.41 Å². The molecular formula is C11H19NO. The zero-order valence-corrected chi connectivity index (χ0v) is 9.22. The smallest absolute Gasteiger partial charge is 0.232 e. The van der Waals surface area contributed by atoms with E-state index in [0.717, 1.165) is 6.54 Å². The largest absolute Gasteiger partial charge is 0.344 e. The van der Waals surface area contributed by atoms with Gasteiger partial charge in [-0.05, 0) is 19.3 Å². The summed E-state index contributed by atoms with van der Waals surface area (Å²) >= 11 is 0. The highest BCUT2D eigenvalue weighted by Crippen LogP contribution is 2.47. The minimum atomic E-state index is -0.323. The Morgan fingerprint density at radius 2 is 1.92 bits per heavy atom. The Hall–Kier alpha value is -0.790. The highest BCUT2D eigenvalue weighted by Gasteiger charge is 2.52. The van der Waals surface area contributed by atoms with Gasteiger partial charge in [-0.3, -0.25) is 4.79 Å². The molecule has 0 aromatic carbocycles. The molecule has 1 unspecified atom stereocenters. The topological polar surface area (TPSA) is 20.3 Å². The standard InChI is InChI=1S/C11H19NO/c1-6-7-11(4)9(13)12(5)8-10(11,2)3/h6-7H,8H2,1-5H3/b7-6-. The molecule has 0 spiro atoms. The Morgan fingerprint density at radius 1 is 1.38 bits per heavy atom. The van der Waals surface area contributed by atoms with Crippen LogP contribution in [-0.4, -0.2) is 24.4 Å². The molecule has 1 aliphatic heterocycles. The summed E-state index contributed by atoms with van der Waals surface area (Å²) in [7, 11) is 1.87. The first kappa shape index (κ1) is 10.3. The average molecular weight is 181 g/mol. The van der Waals surface area contributed by atoms with Crippen LogP contribution in [0.25, 0.3) is 0 Å². The Balaban J connectivity index is 3.13. The third-order valence-electron chi connectivity index (χ3n) is 3.33. The fourth-order valence-electron chi connectivity index (χ4n) is 2.15. The fourth-order valence-corrected chi connectivity index (χ4v) is 2.15. The normalized spacial score (nSPS) is 33.3. The predicted molar refractivity (Wildman–Crippen MR) is 54.3 cm³/mol. The van der Waals surface area contributed by atoms with Crippen molar-refractivity contribution in [3.05, 3.63) is 12.2 Å². The molecule has 0 saturated carbocycles. The molecule has 2 heteroatoms. The maximum Gasteiger partial charge on any atom is 0.232 e. The van der Waals surface area contributed by atoms with E-state index in [0.29, 0.717) is 0 Å². The summed E-state index contributed by atoms with van der Waals surface area (Å²) in [6.45, 7) is 9.13. The number of carbonyl (C=O) groups excluding carboxylic acids is 1. The molecule has 74 valence electrons. The summed E-state index contributed by atoms with van der Waals surface area (Å²) < 4.78 is 0. The van der Waals surface area contributed by atoms with E-state index in [1.807, 2.05) is 37.9 Å². The van der Waals surface area contributed by atoms with Crippen molar-refractivity contribution in [2.45, 2.75) is 27.7 Å². The minimum Gasteiger partial charge on any atom is -0.344 e. The second kappa shape index (κ2) is 2.86. The van der Waals surface area contributed by atoms with E-state index in [-0.39, 0.29) is 16.7 Å². The molecular weight excluding hydrogens is 162 g/mol. The van der Waals surface area contributed by atoms with Gasteiger partial charge in [-0.2, -0.15) is 0 Å². The minimum absolute atomic E-state index is 0.0331. The van der Waals surface area contributed by atoms with Crippen molar-refractivity contribution in [3.63, 3.8) is 0 Å². The molecule has 1 heterocycles. The van der Waals surface area contributed by atoms with Gasteiger partial charge in [0.1, 0.15) is 0 Å². The highest BCUT2D eigenvalue weighted by atomic mass is 16.2. The van der Waals surface area contributed by atoms with Crippen LogP contribution in [0.4, 0.5) is 0 Å². The number of hydrogen-bond acceptors (Lipinski definition) is 1. The number of amides is 1. The summed E-state index contributed by atoms with van der Waals surface area (Å²) in [5.41, 5.74) is -0.290. The van der Waals surface area contributed by atoms with Gasteiger partial charge in [0.2, 0.25) is 5.91 Å². The summed E-state index contributed by atoms with van der Waals surface area (Å²) in [6, 6.07) is 0. The molecule has 1 fully saturated rings. The summed E-state index contributed by atoms with van der Waals surface area (Å²) in [5.74, 6) is 0.232. The van der Waals surface area contributed by atoms with Gasteiger partial charge < -0.3 is 4.90 Å². The number of hydrogen-bond donors (Lipinski definition) is 0. The predicted octanol–water partition coefficient (Wildman–Crippen LogP) is 2.07. The van der Waals surface area contributed by atoms with Gasteiger partial charge in [-0.15, -0.1) is 0 Å². The molecule has 0 aromatic heterocycles. The summed E-state index contributed by atoms with van der Waals surface area (Å²) in [5, 5.41) is 0. The Morgan fingerprint density at radius 3 is 2.23 bits per heavy atom. The molecule has 0 aromatic rings. The van der Waals surface area contributed by atoms with Gasteiger partial charge in [0, 0.05) is 13.6 Å². The van der Waals surface area contributed by atoms with Gasteiger partial charge in [0.25, 0.3) is 0 Å².